The lowest BCUT2D eigenvalue weighted by Gasteiger charge is -2.13. The van der Waals surface area contributed by atoms with E-state index in [1.807, 2.05) is 0 Å². The second-order valence-corrected chi connectivity index (χ2v) is 4.76. The van der Waals surface area contributed by atoms with Crippen LogP contribution in [0.25, 0.3) is 5.70 Å². The minimum atomic E-state index is -2.48. The number of aryl methyl sites for hydroxylation is 1. The number of allylic oxidation sites excluding steroid dienone is 2. The monoisotopic (exact) mass is 266 g/mol. The molecule has 7 heteroatoms. The van der Waals surface area contributed by atoms with Gasteiger partial charge in [-0.1, -0.05) is 6.08 Å². The first kappa shape index (κ1) is 12.3. The molecular weight excluding hydrogens is 256 g/mol. The number of hydrogen-bond acceptors (Lipinski definition) is 4. The van der Waals surface area contributed by atoms with E-state index < -0.39 is 16.3 Å². The molecular formula is C11H10N2O4S. The number of rotatable bonds is 2. The minimum absolute atomic E-state index is 0.0259. The van der Waals surface area contributed by atoms with Crippen LogP contribution >= 0.6 is 0 Å². The van der Waals surface area contributed by atoms with Crippen molar-refractivity contribution < 1.29 is 18.3 Å². The van der Waals surface area contributed by atoms with Gasteiger partial charge in [-0.2, -0.15) is 13.5 Å². The number of hydrogen-bond donors (Lipinski definition) is 1. The van der Waals surface area contributed by atoms with Crippen molar-refractivity contribution in [2.45, 2.75) is 13.3 Å². The number of carboxylic acids is 1. The third kappa shape index (κ3) is 2.12. The molecule has 0 aliphatic heterocycles. The van der Waals surface area contributed by atoms with E-state index in [1.54, 1.807) is 13.1 Å². The molecule has 18 heavy (non-hydrogen) atoms. The molecule has 1 aromatic heterocycles. The van der Waals surface area contributed by atoms with Gasteiger partial charge >= 0.3 is 5.97 Å². The lowest BCUT2D eigenvalue weighted by molar-refractivity contribution is -0.132. The Kier molecular flexibility index (Phi) is 3.15. The highest BCUT2D eigenvalue weighted by molar-refractivity contribution is 7.74. The summed E-state index contributed by atoms with van der Waals surface area (Å²) in [4.78, 5) is 11.2. The second kappa shape index (κ2) is 4.61. The summed E-state index contributed by atoms with van der Waals surface area (Å²) >= 11 is 0. The van der Waals surface area contributed by atoms with E-state index in [0.29, 0.717) is 0 Å². The Morgan fingerprint density at radius 2 is 2.22 bits per heavy atom. The molecule has 1 aliphatic rings. The first-order valence-electron chi connectivity index (χ1n) is 5.12. The average molecular weight is 266 g/mol. The smallest absolute Gasteiger partial charge is 0.337 e. The summed E-state index contributed by atoms with van der Waals surface area (Å²) in [7, 11) is -2.48. The van der Waals surface area contributed by atoms with Crippen LogP contribution in [0.15, 0.2) is 30.1 Å². The number of carbonyl (C=O) groups is 1. The van der Waals surface area contributed by atoms with Crippen LogP contribution in [0.1, 0.15) is 12.0 Å². The average Bonchev–Trinajstić information content (AvgIpc) is 2.74. The summed E-state index contributed by atoms with van der Waals surface area (Å²) in [5, 5.41) is 13.1. The Morgan fingerprint density at radius 1 is 1.50 bits per heavy atom. The van der Waals surface area contributed by atoms with Crippen molar-refractivity contribution >= 4 is 26.8 Å². The number of aromatic nitrogens is 2. The summed E-state index contributed by atoms with van der Waals surface area (Å²) < 4.78 is 23.6. The molecule has 0 fully saturated rings. The molecule has 2 rings (SSSR count). The van der Waals surface area contributed by atoms with Crippen molar-refractivity contribution in [3.05, 3.63) is 35.7 Å². The van der Waals surface area contributed by atoms with Gasteiger partial charge in [0.05, 0.1) is 17.5 Å². The zero-order chi connectivity index (χ0) is 13.3. The summed E-state index contributed by atoms with van der Waals surface area (Å²) in [5.74, 6) is -1.18. The molecule has 0 saturated carbocycles. The van der Waals surface area contributed by atoms with E-state index in [1.165, 1.54) is 23.0 Å². The van der Waals surface area contributed by atoms with Crippen molar-refractivity contribution in [1.82, 2.24) is 9.78 Å². The fourth-order valence-electron chi connectivity index (χ4n) is 1.72. The third-order valence-electron chi connectivity index (χ3n) is 2.48. The van der Waals surface area contributed by atoms with Crippen LogP contribution in [-0.4, -0.2) is 34.1 Å². The minimum Gasteiger partial charge on any atom is -0.478 e. The first-order chi connectivity index (χ1) is 8.50. The molecule has 1 N–H and O–H groups in total. The summed E-state index contributed by atoms with van der Waals surface area (Å²) in [6.07, 6.45) is 6.20. The lowest BCUT2D eigenvalue weighted by Crippen LogP contribution is -2.18. The predicted molar refractivity (Wildman–Crippen MR) is 65.5 cm³/mol. The quantitative estimate of drug-likeness (QED) is 0.787. The van der Waals surface area contributed by atoms with Gasteiger partial charge in [-0.05, 0) is 18.6 Å². The Labute approximate surface area is 104 Å². The molecule has 0 spiro atoms. The van der Waals surface area contributed by atoms with Crippen LogP contribution < -0.4 is 0 Å². The molecule has 0 radical (unpaired) electrons. The number of nitrogens with zero attached hydrogens (tertiary/aromatic N) is 2. The van der Waals surface area contributed by atoms with Crippen molar-refractivity contribution in [3.8, 4) is 0 Å². The van der Waals surface area contributed by atoms with E-state index in [9.17, 15) is 13.2 Å². The van der Waals surface area contributed by atoms with Gasteiger partial charge in [0.25, 0.3) is 0 Å². The fraction of sp³-hybridized carbons (Fsp3) is 0.182. The number of carboxylic acid groups (broad SMARTS) is 1. The van der Waals surface area contributed by atoms with Crippen LogP contribution in [0.2, 0.25) is 0 Å². The molecule has 6 nitrogen and oxygen atoms in total. The standard InChI is InChI=1S/C11H10N2O4S/c1-7-5-12-13(6-7)10-8(11(14)15)3-2-4-9(10)18(16)17/h2-3,5-6H,4H2,1H3,(H,14,15). The summed E-state index contributed by atoms with van der Waals surface area (Å²) in [5.41, 5.74) is 0.841. The van der Waals surface area contributed by atoms with E-state index in [4.69, 9.17) is 5.11 Å². The second-order valence-electron chi connectivity index (χ2n) is 3.79. The molecule has 0 amide bonds. The van der Waals surface area contributed by atoms with Crippen molar-refractivity contribution in [3.63, 3.8) is 0 Å². The maximum absolute atomic E-state index is 11.2. The molecule has 0 bridgehead atoms. The maximum Gasteiger partial charge on any atom is 0.337 e. The van der Waals surface area contributed by atoms with E-state index in [-0.39, 0.29) is 22.6 Å². The predicted octanol–water partition coefficient (Wildman–Crippen LogP) is 0.499. The molecule has 0 unspecified atom stereocenters. The SMILES string of the molecule is Cc1cnn(C2=C(C(=O)O)C=CCC2=S(=O)=O)c1. The molecule has 1 aliphatic carbocycles. The van der Waals surface area contributed by atoms with Gasteiger partial charge in [0.15, 0.2) is 0 Å². The van der Waals surface area contributed by atoms with Gasteiger partial charge < -0.3 is 5.11 Å². The van der Waals surface area contributed by atoms with Gasteiger partial charge in [-0.3, -0.25) is 0 Å². The van der Waals surface area contributed by atoms with E-state index in [2.05, 4.69) is 5.10 Å². The van der Waals surface area contributed by atoms with Gasteiger partial charge in [0.2, 0.25) is 10.3 Å². The van der Waals surface area contributed by atoms with Crippen LogP contribution in [0, 0.1) is 6.92 Å². The van der Waals surface area contributed by atoms with E-state index >= 15 is 0 Å². The zero-order valence-corrected chi connectivity index (χ0v) is 10.3. The third-order valence-corrected chi connectivity index (χ3v) is 3.24. The first-order valence-corrected chi connectivity index (χ1v) is 6.19. The topological polar surface area (TPSA) is 89.3 Å². The molecule has 1 heterocycles. The highest BCUT2D eigenvalue weighted by Crippen LogP contribution is 2.21. The molecule has 0 atom stereocenters. The molecule has 0 saturated heterocycles. The van der Waals surface area contributed by atoms with Crippen molar-refractivity contribution in [1.29, 1.82) is 0 Å². The Morgan fingerprint density at radius 3 is 2.72 bits per heavy atom. The van der Waals surface area contributed by atoms with Gasteiger partial charge in [-0.15, -0.1) is 0 Å². The number of aliphatic carboxylic acids is 1. The Hall–Kier alpha value is -2.15. The van der Waals surface area contributed by atoms with Gasteiger partial charge in [-0.25, -0.2) is 9.48 Å². The lowest BCUT2D eigenvalue weighted by atomic mass is 10.0. The fourth-order valence-corrected chi connectivity index (χ4v) is 2.31. The zero-order valence-electron chi connectivity index (χ0n) is 9.49. The van der Waals surface area contributed by atoms with Gasteiger partial charge in [0.1, 0.15) is 4.86 Å². The molecule has 0 aromatic carbocycles. The Bertz CT molecular complexity index is 699. The molecule has 1 aromatic rings. The molecule has 94 valence electrons. The summed E-state index contributed by atoms with van der Waals surface area (Å²) in [6, 6.07) is 0. The van der Waals surface area contributed by atoms with Crippen LogP contribution in [0.4, 0.5) is 0 Å². The van der Waals surface area contributed by atoms with Gasteiger partial charge in [0, 0.05) is 12.6 Å². The maximum atomic E-state index is 11.2. The van der Waals surface area contributed by atoms with E-state index in [0.717, 1.165) is 5.56 Å². The Balaban J connectivity index is 2.77. The largest absolute Gasteiger partial charge is 0.478 e. The van der Waals surface area contributed by atoms with Crippen LogP contribution in [0.3, 0.4) is 0 Å². The van der Waals surface area contributed by atoms with Crippen LogP contribution in [0.5, 0.6) is 0 Å². The van der Waals surface area contributed by atoms with Crippen molar-refractivity contribution in [2.24, 2.45) is 0 Å². The van der Waals surface area contributed by atoms with Crippen molar-refractivity contribution in [2.75, 3.05) is 0 Å². The van der Waals surface area contributed by atoms with Crippen LogP contribution in [-0.2, 0) is 15.1 Å². The highest BCUT2D eigenvalue weighted by atomic mass is 32.2. The normalized spacial score (nSPS) is 15.1. The highest BCUT2D eigenvalue weighted by Gasteiger charge is 2.23. The summed E-state index contributed by atoms with van der Waals surface area (Å²) in [6.45, 7) is 1.79.